The summed E-state index contributed by atoms with van der Waals surface area (Å²) >= 11 is 0. The van der Waals surface area contributed by atoms with Crippen molar-refractivity contribution >= 4 is 30.8 Å². The first-order chi connectivity index (χ1) is 18.9. The van der Waals surface area contributed by atoms with E-state index in [0.717, 1.165) is 5.69 Å². The molecule has 5 heteroatoms. The van der Waals surface area contributed by atoms with Crippen LogP contribution in [0.3, 0.4) is 0 Å². The van der Waals surface area contributed by atoms with Crippen molar-refractivity contribution in [3.05, 3.63) is 119 Å². The summed E-state index contributed by atoms with van der Waals surface area (Å²) < 4.78 is 34.9. The Morgan fingerprint density at radius 3 is 1.98 bits per heavy atom. The molecule has 205 valence electrons. The zero-order valence-electron chi connectivity index (χ0n) is 24.0. The first-order valence-corrected chi connectivity index (χ1v) is 14.8. The van der Waals surface area contributed by atoms with Gasteiger partial charge in [0.25, 0.3) is 9.04 Å². The van der Waals surface area contributed by atoms with Gasteiger partial charge in [-0.05, 0) is 84.1 Å². The molecule has 2 nitrogen and oxygen atoms in total. The van der Waals surface area contributed by atoms with Crippen LogP contribution in [0.25, 0.3) is 0 Å². The minimum Gasteiger partial charge on any atom is -0.406 e. The Kier molecular flexibility index (Phi) is 8.93. The summed E-state index contributed by atoms with van der Waals surface area (Å²) in [5.41, 5.74) is 3.09. The van der Waals surface area contributed by atoms with Gasteiger partial charge in [0.05, 0.1) is 12.2 Å². The lowest BCUT2D eigenvalue weighted by atomic mass is 9.87. The summed E-state index contributed by atoms with van der Waals surface area (Å²) in [4.78, 5) is 0. The van der Waals surface area contributed by atoms with Gasteiger partial charge in [-0.3, -0.25) is 0 Å². The zero-order chi connectivity index (χ0) is 28.9. The first kappa shape index (κ1) is 29.3. The predicted octanol–water partition coefficient (Wildman–Crippen LogP) is 7.51. The maximum atomic E-state index is 14.7. The summed E-state index contributed by atoms with van der Waals surface area (Å²) in [6.45, 7) is 12.8. The van der Waals surface area contributed by atoms with E-state index in [0.29, 0.717) is 23.4 Å². The van der Waals surface area contributed by atoms with Crippen molar-refractivity contribution in [2.24, 2.45) is 5.41 Å². The third-order valence-corrected chi connectivity index (χ3v) is 8.72. The highest BCUT2D eigenvalue weighted by Gasteiger charge is 2.24. The molecular formula is C35H36F2NOSi. The molecular weight excluding hydrogens is 516 g/mol. The monoisotopic (exact) mass is 552 g/mol. The molecule has 4 rings (SSSR count). The highest BCUT2D eigenvalue weighted by molar-refractivity contribution is 6.80. The average molecular weight is 553 g/mol. The van der Waals surface area contributed by atoms with Gasteiger partial charge in [0.2, 0.25) is 0 Å². The summed E-state index contributed by atoms with van der Waals surface area (Å²) in [5.74, 6) is 5.61. The lowest BCUT2D eigenvalue weighted by Crippen LogP contribution is -2.46. The normalized spacial score (nSPS) is 11.7. The van der Waals surface area contributed by atoms with Gasteiger partial charge in [-0.15, -0.1) is 0 Å². The number of nitrogens with one attached hydrogen (secondary N) is 1. The Bertz CT molecular complexity index is 1510. The third kappa shape index (κ3) is 7.69. The molecule has 0 bridgehead atoms. The van der Waals surface area contributed by atoms with Crippen molar-refractivity contribution in [3.8, 4) is 11.8 Å². The van der Waals surface area contributed by atoms with Crippen LogP contribution in [0.2, 0.25) is 0 Å². The molecule has 4 aromatic carbocycles. The summed E-state index contributed by atoms with van der Waals surface area (Å²) in [7, 11) is -1.51. The second kappa shape index (κ2) is 12.2. The van der Waals surface area contributed by atoms with E-state index in [1.54, 1.807) is 31.2 Å². The van der Waals surface area contributed by atoms with Gasteiger partial charge in [0.15, 0.2) is 0 Å². The molecule has 0 aromatic heterocycles. The molecule has 0 saturated carbocycles. The Balaban J connectivity index is 1.52. The molecule has 4 aromatic rings. The number of hydrogen-bond acceptors (Lipinski definition) is 2. The fraction of sp³-hybridized carbons (Fsp3) is 0.257. The van der Waals surface area contributed by atoms with Gasteiger partial charge < -0.3 is 9.74 Å². The largest absolute Gasteiger partial charge is 0.406 e. The van der Waals surface area contributed by atoms with E-state index in [4.69, 9.17) is 4.43 Å². The van der Waals surface area contributed by atoms with Crippen LogP contribution in [-0.4, -0.2) is 15.6 Å². The Labute approximate surface area is 239 Å². The summed E-state index contributed by atoms with van der Waals surface area (Å²) in [5, 5.41) is 5.55. The topological polar surface area (TPSA) is 21.3 Å². The lowest BCUT2D eigenvalue weighted by molar-refractivity contribution is 0.237. The highest BCUT2D eigenvalue weighted by Crippen LogP contribution is 2.23. The average Bonchev–Trinajstić information content (AvgIpc) is 2.91. The van der Waals surface area contributed by atoms with Crippen LogP contribution in [0.4, 0.5) is 20.2 Å². The number of aryl methyl sites for hydroxylation is 1. The van der Waals surface area contributed by atoms with E-state index in [2.05, 4.69) is 74.3 Å². The molecule has 0 aliphatic heterocycles. The smallest absolute Gasteiger partial charge is 0.282 e. The lowest BCUT2D eigenvalue weighted by Gasteiger charge is -2.24. The van der Waals surface area contributed by atoms with Crippen LogP contribution < -0.4 is 15.7 Å². The number of hydrogen-bond donors (Lipinski definition) is 1. The van der Waals surface area contributed by atoms with Crippen molar-refractivity contribution < 1.29 is 13.2 Å². The van der Waals surface area contributed by atoms with E-state index in [1.807, 2.05) is 32.0 Å². The van der Waals surface area contributed by atoms with Crippen LogP contribution >= 0.6 is 0 Å². The van der Waals surface area contributed by atoms with Crippen molar-refractivity contribution in [1.29, 1.82) is 0 Å². The van der Waals surface area contributed by atoms with Crippen molar-refractivity contribution in [2.45, 2.75) is 47.0 Å². The van der Waals surface area contributed by atoms with Crippen LogP contribution in [0.15, 0.2) is 91.0 Å². The zero-order valence-corrected chi connectivity index (χ0v) is 25.0. The summed E-state index contributed by atoms with van der Waals surface area (Å²) in [6.07, 6.45) is 0. The molecule has 0 heterocycles. The second-order valence-electron chi connectivity index (χ2n) is 11.7. The Morgan fingerprint density at radius 1 is 0.750 bits per heavy atom. The molecule has 1 N–H and O–H groups in total. The number of anilines is 2. The van der Waals surface area contributed by atoms with Crippen molar-refractivity contribution in [3.63, 3.8) is 0 Å². The van der Waals surface area contributed by atoms with Gasteiger partial charge in [-0.1, -0.05) is 87.2 Å². The number of benzene rings is 4. The maximum Gasteiger partial charge on any atom is 0.282 e. The summed E-state index contributed by atoms with van der Waals surface area (Å²) in [6, 6.07) is 28.5. The number of rotatable bonds is 7. The molecule has 0 amide bonds. The van der Waals surface area contributed by atoms with E-state index < -0.39 is 20.3 Å². The molecule has 0 atom stereocenters. The minimum atomic E-state index is -1.51. The van der Waals surface area contributed by atoms with Crippen molar-refractivity contribution in [1.82, 2.24) is 0 Å². The van der Waals surface area contributed by atoms with Crippen molar-refractivity contribution in [2.75, 3.05) is 11.9 Å². The highest BCUT2D eigenvalue weighted by atomic mass is 28.3. The van der Waals surface area contributed by atoms with Crippen LogP contribution in [0.5, 0.6) is 0 Å². The van der Waals surface area contributed by atoms with Gasteiger partial charge in [0.1, 0.15) is 11.6 Å². The fourth-order valence-corrected chi connectivity index (χ4v) is 6.29. The third-order valence-electron chi connectivity index (χ3n) is 6.57. The maximum absolute atomic E-state index is 14.7. The van der Waals surface area contributed by atoms with Gasteiger partial charge in [-0.2, -0.15) is 0 Å². The molecule has 0 aliphatic carbocycles. The quantitative estimate of drug-likeness (QED) is 0.189. The Hall–Kier alpha value is -3.72. The van der Waals surface area contributed by atoms with Crippen LogP contribution in [0, 0.1) is 35.8 Å². The van der Waals surface area contributed by atoms with Gasteiger partial charge in [0, 0.05) is 16.8 Å². The van der Waals surface area contributed by atoms with Crippen LogP contribution in [0.1, 0.15) is 51.3 Å². The van der Waals surface area contributed by atoms with Gasteiger partial charge in [-0.25, -0.2) is 8.78 Å². The Morgan fingerprint density at radius 2 is 1.35 bits per heavy atom. The molecule has 0 saturated heterocycles. The molecule has 0 fully saturated rings. The number of halogens is 2. The van der Waals surface area contributed by atoms with E-state index in [9.17, 15) is 8.78 Å². The standard InChI is InChI=1S/C35H36F2NOSi/c1-25-22-28(14-18-32(25)36)38-29-15-19-33(37)26(23-29)20-21-35(5,6)24-39-40(30-10-8-7-9-11-30)31-16-12-27(13-17-31)34(2,3)4/h7-19,22-23,38H,24H2,1-6H3. The molecule has 0 spiro atoms. The first-order valence-electron chi connectivity index (χ1n) is 13.4. The molecule has 0 aliphatic rings. The van der Waals surface area contributed by atoms with Gasteiger partial charge >= 0.3 is 0 Å². The van der Waals surface area contributed by atoms with E-state index in [-0.39, 0.29) is 11.2 Å². The fourth-order valence-electron chi connectivity index (χ4n) is 4.16. The molecule has 1 radical (unpaired) electrons. The second-order valence-corrected chi connectivity index (χ2v) is 13.8. The van der Waals surface area contributed by atoms with E-state index in [1.165, 1.54) is 28.1 Å². The minimum absolute atomic E-state index is 0.0800. The predicted molar refractivity (Wildman–Crippen MR) is 164 cm³/mol. The SMILES string of the molecule is Cc1cc(Nc2ccc(F)c(C#CC(C)(C)CO[Si](c3ccccc3)c3ccc(C(C)(C)C)cc3)c2)ccc1F. The molecule has 0 unspecified atom stereocenters. The van der Waals surface area contributed by atoms with Crippen LogP contribution in [-0.2, 0) is 9.84 Å². The molecule has 40 heavy (non-hydrogen) atoms. The van der Waals surface area contributed by atoms with E-state index >= 15 is 0 Å².